The highest BCUT2D eigenvalue weighted by Gasteiger charge is 2.10. The van der Waals surface area contributed by atoms with Gasteiger partial charge in [0.25, 0.3) is 0 Å². The van der Waals surface area contributed by atoms with Crippen LogP contribution >= 0.6 is 0 Å². The van der Waals surface area contributed by atoms with Gasteiger partial charge < -0.3 is 9.52 Å². The van der Waals surface area contributed by atoms with Gasteiger partial charge in [-0.3, -0.25) is 4.79 Å². The zero-order valence-corrected chi connectivity index (χ0v) is 13.4. The second-order valence-corrected chi connectivity index (χ2v) is 5.85. The van der Waals surface area contributed by atoms with Crippen molar-refractivity contribution < 1.29 is 14.3 Å². The van der Waals surface area contributed by atoms with Gasteiger partial charge >= 0.3 is 0 Å². The van der Waals surface area contributed by atoms with Crippen molar-refractivity contribution in [3.8, 4) is 5.75 Å². The van der Waals surface area contributed by atoms with Gasteiger partial charge in [0.1, 0.15) is 11.3 Å². The Morgan fingerprint density at radius 1 is 1.04 bits per heavy atom. The number of allylic oxidation sites excluding steroid dienone is 1. The molecule has 0 radical (unpaired) electrons. The van der Waals surface area contributed by atoms with Crippen LogP contribution in [0.1, 0.15) is 32.8 Å². The van der Waals surface area contributed by atoms with Crippen molar-refractivity contribution >= 4 is 22.8 Å². The van der Waals surface area contributed by atoms with E-state index < -0.39 is 0 Å². The van der Waals surface area contributed by atoms with Crippen LogP contribution in [0.3, 0.4) is 0 Å². The van der Waals surface area contributed by atoms with Gasteiger partial charge in [0.05, 0.1) is 0 Å². The molecule has 1 aromatic heterocycles. The Morgan fingerprint density at radius 3 is 2.43 bits per heavy atom. The van der Waals surface area contributed by atoms with E-state index >= 15 is 0 Å². The molecule has 0 aliphatic heterocycles. The Hall–Kier alpha value is -2.81. The zero-order chi connectivity index (χ0) is 16.6. The molecule has 0 bridgehead atoms. The number of aryl methyl sites for hydroxylation is 3. The summed E-state index contributed by atoms with van der Waals surface area (Å²) in [7, 11) is 0. The fourth-order valence-corrected chi connectivity index (χ4v) is 2.60. The number of rotatable bonds is 3. The van der Waals surface area contributed by atoms with Crippen molar-refractivity contribution in [2.24, 2.45) is 0 Å². The monoisotopic (exact) mass is 306 g/mol. The lowest BCUT2D eigenvalue weighted by Crippen LogP contribution is -1.91. The Balaban J connectivity index is 1.88. The predicted octanol–water partition coefficient (Wildman–Crippen LogP) is 4.96. The van der Waals surface area contributed by atoms with E-state index in [1.165, 1.54) is 6.08 Å². The number of hydrogen-bond acceptors (Lipinski definition) is 3. The summed E-state index contributed by atoms with van der Waals surface area (Å²) >= 11 is 0. The van der Waals surface area contributed by atoms with E-state index in [0.29, 0.717) is 11.5 Å². The molecule has 0 aliphatic carbocycles. The second-order valence-electron chi connectivity index (χ2n) is 5.85. The average molecular weight is 306 g/mol. The van der Waals surface area contributed by atoms with E-state index in [-0.39, 0.29) is 5.78 Å². The largest absolute Gasteiger partial charge is 0.507 e. The number of phenolic OH excluding ortho intramolecular Hbond substituents is 1. The van der Waals surface area contributed by atoms with Gasteiger partial charge in [-0.1, -0.05) is 18.2 Å². The third-order valence-electron chi connectivity index (χ3n) is 3.86. The first kappa shape index (κ1) is 15.1. The summed E-state index contributed by atoms with van der Waals surface area (Å²) in [4.78, 5) is 12.3. The molecule has 0 saturated heterocycles. The highest BCUT2D eigenvalue weighted by molar-refractivity contribution is 6.07. The van der Waals surface area contributed by atoms with Crippen LogP contribution in [0.4, 0.5) is 0 Å². The maximum absolute atomic E-state index is 12.3. The van der Waals surface area contributed by atoms with Gasteiger partial charge in [-0.2, -0.15) is 0 Å². The number of fused-ring (bicyclic) bond motifs is 1. The first-order chi connectivity index (χ1) is 10.9. The van der Waals surface area contributed by atoms with Crippen molar-refractivity contribution in [3.05, 3.63) is 70.5 Å². The minimum absolute atomic E-state index is 0.178. The van der Waals surface area contributed by atoms with Gasteiger partial charge in [0.15, 0.2) is 5.76 Å². The van der Waals surface area contributed by atoms with Crippen LogP contribution in [0, 0.1) is 20.8 Å². The lowest BCUT2D eigenvalue weighted by molar-refractivity contribution is 0.102. The van der Waals surface area contributed by atoms with Crippen molar-refractivity contribution in [2.75, 3.05) is 0 Å². The lowest BCUT2D eigenvalue weighted by Gasteiger charge is -2.04. The summed E-state index contributed by atoms with van der Waals surface area (Å²) in [5.74, 6) is 0.442. The Labute approximate surface area is 134 Å². The molecule has 0 amide bonds. The lowest BCUT2D eigenvalue weighted by atomic mass is 10.0. The minimum Gasteiger partial charge on any atom is -0.507 e. The number of phenols is 1. The summed E-state index contributed by atoms with van der Waals surface area (Å²) in [6.07, 6.45) is 3.23. The highest BCUT2D eigenvalue weighted by Crippen LogP contribution is 2.24. The number of aromatic hydroxyl groups is 1. The zero-order valence-electron chi connectivity index (χ0n) is 13.4. The molecule has 3 nitrogen and oxygen atoms in total. The van der Waals surface area contributed by atoms with Gasteiger partial charge in [0, 0.05) is 5.39 Å². The molecule has 0 unspecified atom stereocenters. The topological polar surface area (TPSA) is 50.4 Å². The molecule has 1 heterocycles. The molecule has 2 aromatic carbocycles. The molecule has 0 fully saturated rings. The smallest absolute Gasteiger partial charge is 0.221 e. The summed E-state index contributed by atoms with van der Waals surface area (Å²) in [5.41, 5.74) is 4.26. The van der Waals surface area contributed by atoms with E-state index in [0.717, 1.165) is 33.2 Å². The van der Waals surface area contributed by atoms with Gasteiger partial charge in [-0.15, -0.1) is 0 Å². The van der Waals surface area contributed by atoms with E-state index in [1.54, 1.807) is 12.1 Å². The number of furan rings is 1. The molecule has 0 spiro atoms. The molecule has 3 aromatic rings. The number of carbonyl (C=O) groups excluding carboxylic acids is 1. The minimum atomic E-state index is -0.178. The van der Waals surface area contributed by atoms with Crippen LogP contribution in [0.5, 0.6) is 5.75 Å². The molecule has 3 heteroatoms. The Kier molecular flexibility index (Phi) is 3.78. The fraction of sp³-hybridized carbons (Fsp3) is 0.150. The number of ketones is 1. The molecule has 116 valence electrons. The van der Waals surface area contributed by atoms with Crippen LogP contribution in [0.15, 0.2) is 46.9 Å². The van der Waals surface area contributed by atoms with Crippen LogP contribution < -0.4 is 0 Å². The van der Waals surface area contributed by atoms with E-state index in [9.17, 15) is 9.90 Å². The Morgan fingerprint density at radius 2 is 1.74 bits per heavy atom. The molecule has 0 saturated carbocycles. The Bertz CT molecular complexity index is 906. The quantitative estimate of drug-likeness (QED) is 0.549. The number of benzene rings is 2. The van der Waals surface area contributed by atoms with Crippen LogP contribution in [0.25, 0.3) is 17.0 Å². The summed E-state index contributed by atoms with van der Waals surface area (Å²) in [5, 5.41) is 10.7. The molecule has 1 N–H and O–H groups in total. The van der Waals surface area contributed by atoms with Crippen molar-refractivity contribution in [3.63, 3.8) is 0 Å². The van der Waals surface area contributed by atoms with Gasteiger partial charge in [-0.05, 0) is 73.4 Å². The number of carbonyl (C=O) groups is 1. The molecular formula is C20H18O3. The van der Waals surface area contributed by atoms with Gasteiger partial charge in [0.2, 0.25) is 5.78 Å². The van der Waals surface area contributed by atoms with Crippen LogP contribution in [-0.2, 0) is 0 Å². The second kappa shape index (κ2) is 5.76. The average Bonchev–Trinajstić information content (AvgIpc) is 2.93. The third-order valence-corrected chi connectivity index (χ3v) is 3.86. The highest BCUT2D eigenvalue weighted by atomic mass is 16.3. The van der Waals surface area contributed by atoms with Crippen molar-refractivity contribution in [2.45, 2.75) is 20.8 Å². The first-order valence-corrected chi connectivity index (χ1v) is 7.47. The molecule has 0 atom stereocenters. The molecule has 0 aliphatic rings. The maximum Gasteiger partial charge on any atom is 0.221 e. The summed E-state index contributed by atoms with van der Waals surface area (Å²) < 4.78 is 5.62. The number of hydrogen-bond donors (Lipinski definition) is 1. The fourth-order valence-electron chi connectivity index (χ4n) is 2.60. The van der Waals surface area contributed by atoms with Crippen molar-refractivity contribution in [1.82, 2.24) is 0 Å². The predicted molar refractivity (Wildman–Crippen MR) is 91.9 cm³/mol. The third kappa shape index (κ3) is 3.04. The van der Waals surface area contributed by atoms with E-state index in [1.807, 2.05) is 51.1 Å². The molecule has 23 heavy (non-hydrogen) atoms. The van der Waals surface area contributed by atoms with Gasteiger partial charge in [-0.25, -0.2) is 0 Å². The normalized spacial score (nSPS) is 11.4. The van der Waals surface area contributed by atoms with Crippen molar-refractivity contribution in [1.29, 1.82) is 0 Å². The van der Waals surface area contributed by atoms with E-state index in [4.69, 9.17) is 4.42 Å². The summed E-state index contributed by atoms with van der Waals surface area (Å²) in [6, 6.07) is 11.3. The first-order valence-electron chi connectivity index (χ1n) is 7.47. The molecule has 3 rings (SSSR count). The van der Waals surface area contributed by atoms with E-state index in [2.05, 4.69) is 0 Å². The van der Waals surface area contributed by atoms with Crippen LogP contribution in [0.2, 0.25) is 0 Å². The summed E-state index contributed by atoms with van der Waals surface area (Å²) in [6.45, 7) is 5.66. The standard InChI is InChI=1S/C20H18O3/c1-12-4-6-16-11-19(23-18(16)8-12)17(21)7-5-15-9-13(2)20(22)14(3)10-15/h4-11,22H,1-3H3/b7-5+. The maximum atomic E-state index is 12.3. The SMILES string of the molecule is Cc1ccc2cc(C(=O)/C=C/c3cc(C)c(O)c(C)c3)oc2c1. The van der Waals surface area contributed by atoms with Crippen LogP contribution in [-0.4, -0.2) is 10.9 Å². The molecular weight excluding hydrogens is 288 g/mol.